The van der Waals surface area contributed by atoms with Crippen molar-refractivity contribution in [2.75, 3.05) is 25.1 Å². The van der Waals surface area contributed by atoms with Crippen molar-refractivity contribution >= 4 is 35.4 Å². The van der Waals surface area contributed by atoms with Crippen LogP contribution in [-0.4, -0.2) is 82.7 Å². The van der Waals surface area contributed by atoms with Crippen LogP contribution in [-0.2, 0) is 19.2 Å². The largest absolute Gasteiger partial charge is 0.351 e. The van der Waals surface area contributed by atoms with Gasteiger partial charge in [0, 0.05) is 25.0 Å². The van der Waals surface area contributed by atoms with E-state index < -0.39 is 12.1 Å². The Labute approximate surface area is 162 Å². The minimum absolute atomic E-state index is 0.0345. The highest BCUT2D eigenvalue weighted by molar-refractivity contribution is 7.99. The molecule has 0 bridgehead atoms. The Morgan fingerprint density at radius 3 is 2.70 bits per heavy atom. The standard InChI is InChI=1S/C18H26N4O4S/c1-27-9-14(23)21-6-5-12-15(21)18(26)22-8-11(7-13(22)17(25)20-12)19-16(24)10-3-2-4-10/h10-13,15H,2-9H2,1H3,(H,19,24)(H,20,25)/t11-,12-,13+,15-/m0/s1. The van der Waals surface area contributed by atoms with Gasteiger partial charge in [-0.1, -0.05) is 6.42 Å². The molecule has 0 aromatic rings. The highest BCUT2D eigenvalue weighted by Crippen LogP contribution is 2.31. The summed E-state index contributed by atoms with van der Waals surface area (Å²) in [4.78, 5) is 53.8. The number of hydrogen-bond acceptors (Lipinski definition) is 5. The van der Waals surface area contributed by atoms with Crippen LogP contribution in [0.2, 0.25) is 0 Å². The van der Waals surface area contributed by atoms with Crippen LogP contribution in [0.5, 0.6) is 0 Å². The molecular formula is C18H26N4O4S. The molecule has 4 atom stereocenters. The molecule has 1 saturated carbocycles. The van der Waals surface area contributed by atoms with Crippen LogP contribution in [0, 0.1) is 5.92 Å². The van der Waals surface area contributed by atoms with Gasteiger partial charge in [0.2, 0.25) is 23.6 Å². The molecule has 4 rings (SSSR count). The summed E-state index contributed by atoms with van der Waals surface area (Å²) in [6.07, 6.45) is 5.82. The highest BCUT2D eigenvalue weighted by Gasteiger charge is 2.52. The van der Waals surface area contributed by atoms with Crippen molar-refractivity contribution in [1.82, 2.24) is 20.4 Å². The van der Waals surface area contributed by atoms with Crippen molar-refractivity contribution in [3.63, 3.8) is 0 Å². The number of nitrogens with one attached hydrogen (secondary N) is 2. The predicted molar refractivity (Wildman–Crippen MR) is 99.8 cm³/mol. The molecule has 0 aromatic heterocycles. The second-order valence-electron chi connectivity index (χ2n) is 7.94. The molecule has 0 radical (unpaired) electrons. The molecule has 27 heavy (non-hydrogen) atoms. The van der Waals surface area contributed by atoms with E-state index in [1.807, 2.05) is 6.26 Å². The Balaban J connectivity index is 1.48. The van der Waals surface area contributed by atoms with Gasteiger partial charge in [0.05, 0.1) is 11.8 Å². The summed E-state index contributed by atoms with van der Waals surface area (Å²) in [6.45, 7) is 0.824. The molecule has 0 spiro atoms. The molecule has 2 N–H and O–H groups in total. The lowest BCUT2D eigenvalue weighted by atomic mass is 9.84. The van der Waals surface area contributed by atoms with Gasteiger partial charge in [0.1, 0.15) is 12.1 Å². The van der Waals surface area contributed by atoms with Crippen LogP contribution in [0.4, 0.5) is 0 Å². The van der Waals surface area contributed by atoms with E-state index in [0.717, 1.165) is 19.3 Å². The molecule has 3 aliphatic heterocycles. The zero-order valence-electron chi connectivity index (χ0n) is 15.5. The number of hydrogen-bond donors (Lipinski definition) is 2. The van der Waals surface area contributed by atoms with Crippen molar-refractivity contribution in [1.29, 1.82) is 0 Å². The lowest BCUT2D eigenvalue weighted by Crippen LogP contribution is -2.53. The van der Waals surface area contributed by atoms with Gasteiger partial charge < -0.3 is 20.4 Å². The number of amides is 4. The maximum atomic E-state index is 13.2. The first-order valence-corrected chi connectivity index (χ1v) is 11.1. The first-order valence-electron chi connectivity index (χ1n) is 9.69. The van der Waals surface area contributed by atoms with E-state index in [2.05, 4.69) is 10.6 Å². The third-order valence-corrected chi connectivity index (χ3v) is 6.81. The maximum absolute atomic E-state index is 13.2. The van der Waals surface area contributed by atoms with E-state index in [-0.39, 0.29) is 41.6 Å². The number of thioether (sulfide) groups is 1. The second kappa shape index (κ2) is 7.33. The SMILES string of the molecule is CSCC(=O)N1CC[C@@H]2NC(=O)[C@H]3C[C@H](NC(=O)C4CCC4)CN3C(=O)[C@H]21. The normalized spacial score (nSPS) is 33.1. The third kappa shape index (κ3) is 3.30. The Kier molecular flexibility index (Phi) is 5.05. The van der Waals surface area contributed by atoms with Gasteiger partial charge in [0.15, 0.2) is 0 Å². The van der Waals surface area contributed by atoms with Gasteiger partial charge in [-0.15, -0.1) is 0 Å². The topological polar surface area (TPSA) is 98.8 Å². The molecule has 0 aromatic carbocycles. The molecule has 4 aliphatic rings. The number of nitrogens with zero attached hydrogens (tertiary/aromatic N) is 2. The Hall–Kier alpha value is -1.77. The average molecular weight is 394 g/mol. The van der Waals surface area contributed by atoms with Crippen LogP contribution in [0.3, 0.4) is 0 Å². The average Bonchev–Trinajstić information content (AvgIpc) is 3.15. The van der Waals surface area contributed by atoms with Crippen molar-refractivity contribution in [2.24, 2.45) is 5.92 Å². The first-order chi connectivity index (χ1) is 13.0. The smallest absolute Gasteiger partial charge is 0.248 e. The van der Waals surface area contributed by atoms with Crippen molar-refractivity contribution in [3.05, 3.63) is 0 Å². The molecular weight excluding hydrogens is 368 g/mol. The number of likely N-dealkylation sites (tertiary alicyclic amines) is 1. The Morgan fingerprint density at radius 1 is 1.26 bits per heavy atom. The van der Waals surface area contributed by atoms with Crippen LogP contribution in [0.15, 0.2) is 0 Å². The summed E-state index contributed by atoms with van der Waals surface area (Å²) in [5, 5.41) is 5.99. The maximum Gasteiger partial charge on any atom is 0.248 e. The van der Waals surface area contributed by atoms with Gasteiger partial charge in [-0.05, 0) is 31.9 Å². The summed E-state index contributed by atoms with van der Waals surface area (Å²) in [5.41, 5.74) is 0. The zero-order chi connectivity index (χ0) is 19.1. The fourth-order valence-electron chi connectivity index (χ4n) is 4.61. The summed E-state index contributed by atoms with van der Waals surface area (Å²) < 4.78 is 0. The van der Waals surface area contributed by atoms with E-state index >= 15 is 0 Å². The molecule has 3 saturated heterocycles. The number of carbonyl (C=O) groups excluding carboxylic acids is 4. The predicted octanol–water partition coefficient (Wildman–Crippen LogP) is -0.665. The van der Waals surface area contributed by atoms with Gasteiger partial charge in [-0.2, -0.15) is 11.8 Å². The second-order valence-corrected chi connectivity index (χ2v) is 8.81. The van der Waals surface area contributed by atoms with Crippen molar-refractivity contribution in [2.45, 2.75) is 56.3 Å². The fourth-order valence-corrected chi connectivity index (χ4v) is 5.02. The van der Waals surface area contributed by atoms with Gasteiger partial charge in [-0.3, -0.25) is 19.2 Å². The fraction of sp³-hybridized carbons (Fsp3) is 0.778. The lowest BCUT2D eigenvalue weighted by molar-refractivity contribution is -0.143. The first kappa shape index (κ1) is 18.6. The summed E-state index contributed by atoms with van der Waals surface area (Å²) in [6, 6.07) is -1.71. The van der Waals surface area contributed by atoms with Crippen LogP contribution < -0.4 is 10.6 Å². The molecule has 4 amide bonds. The van der Waals surface area contributed by atoms with Crippen LogP contribution >= 0.6 is 11.8 Å². The number of fused-ring (bicyclic) bond motifs is 2. The monoisotopic (exact) mass is 394 g/mol. The van der Waals surface area contributed by atoms with E-state index in [0.29, 0.717) is 31.7 Å². The summed E-state index contributed by atoms with van der Waals surface area (Å²) in [5.74, 6) is 0.0331. The minimum Gasteiger partial charge on any atom is -0.351 e. The molecule has 1 aliphatic carbocycles. The lowest BCUT2D eigenvalue weighted by Gasteiger charge is -2.29. The molecule has 8 nitrogen and oxygen atoms in total. The third-order valence-electron chi connectivity index (χ3n) is 6.28. The molecule has 9 heteroatoms. The van der Waals surface area contributed by atoms with Crippen LogP contribution in [0.25, 0.3) is 0 Å². The summed E-state index contributed by atoms with van der Waals surface area (Å²) >= 11 is 1.43. The van der Waals surface area contributed by atoms with Gasteiger partial charge in [0.25, 0.3) is 0 Å². The molecule has 148 valence electrons. The Bertz CT molecular complexity index is 668. The molecule has 4 fully saturated rings. The zero-order valence-corrected chi connectivity index (χ0v) is 16.3. The van der Waals surface area contributed by atoms with Gasteiger partial charge >= 0.3 is 0 Å². The quantitative estimate of drug-likeness (QED) is 0.659. The Morgan fingerprint density at radius 2 is 2.04 bits per heavy atom. The number of carbonyl (C=O) groups is 4. The van der Waals surface area contributed by atoms with E-state index in [1.165, 1.54) is 11.8 Å². The van der Waals surface area contributed by atoms with E-state index in [1.54, 1.807) is 9.80 Å². The summed E-state index contributed by atoms with van der Waals surface area (Å²) in [7, 11) is 0. The number of rotatable bonds is 4. The molecule has 0 unspecified atom stereocenters. The van der Waals surface area contributed by atoms with Gasteiger partial charge in [-0.25, -0.2) is 0 Å². The highest BCUT2D eigenvalue weighted by atomic mass is 32.2. The minimum atomic E-state index is -0.625. The van der Waals surface area contributed by atoms with E-state index in [9.17, 15) is 19.2 Å². The van der Waals surface area contributed by atoms with Crippen molar-refractivity contribution in [3.8, 4) is 0 Å². The van der Waals surface area contributed by atoms with Crippen LogP contribution in [0.1, 0.15) is 32.1 Å². The van der Waals surface area contributed by atoms with E-state index in [4.69, 9.17) is 0 Å². The molecule has 3 heterocycles. The van der Waals surface area contributed by atoms with Crippen molar-refractivity contribution < 1.29 is 19.2 Å².